The highest BCUT2D eigenvalue weighted by Crippen LogP contribution is 2.29. The molecule has 3 unspecified atom stereocenters. The standard InChI is InChI=1S/C10H22N2/c1-8-5-6-10(7-9(8)2)11-12(3)4/h8-11H,5-7H2,1-4H3. The second-order valence-corrected chi connectivity index (χ2v) is 4.49. The molecule has 72 valence electrons. The molecule has 0 heterocycles. The summed E-state index contributed by atoms with van der Waals surface area (Å²) in [7, 11) is 4.14. The summed E-state index contributed by atoms with van der Waals surface area (Å²) in [5, 5.41) is 2.08. The fourth-order valence-corrected chi connectivity index (χ4v) is 2.03. The molecular weight excluding hydrogens is 148 g/mol. The maximum absolute atomic E-state index is 3.47. The van der Waals surface area contributed by atoms with E-state index in [0.29, 0.717) is 6.04 Å². The lowest BCUT2D eigenvalue weighted by Crippen LogP contribution is -2.43. The Bertz CT molecular complexity index is 134. The molecule has 2 nitrogen and oxygen atoms in total. The summed E-state index contributed by atoms with van der Waals surface area (Å²) in [4.78, 5) is 0. The maximum atomic E-state index is 3.47. The van der Waals surface area contributed by atoms with E-state index in [9.17, 15) is 0 Å². The summed E-state index contributed by atoms with van der Waals surface area (Å²) < 4.78 is 0. The Kier molecular flexibility index (Phi) is 3.53. The number of hydrogen-bond acceptors (Lipinski definition) is 2. The molecule has 2 heteroatoms. The Balaban J connectivity index is 2.30. The first-order chi connectivity index (χ1) is 5.59. The first-order valence-corrected chi connectivity index (χ1v) is 5.03. The van der Waals surface area contributed by atoms with Crippen LogP contribution in [-0.2, 0) is 0 Å². The fraction of sp³-hybridized carbons (Fsp3) is 1.00. The number of hydrazine groups is 1. The summed E-state index contributed by atoms with van der Waals surface area (Å²) in [6.07, 6.45) is 4.05. The molecule has 0 saturated heterocycles. The highest BCUT2D eigenvalue weighted by molar-refractivity contribution is 4.78. The van der Waals surface area contributed by atoms with Gasteiger partial charge >= 0.3 is 0 Å². The fourth-order valence-electron chi connectivity index (χ4n) is 2.03. The molecule has 1 rings (SSSR count). The monoisotopic (exact) mass is 170 g/mol. The Morgan fingerprint density at radius 2 is 1.75 bits per heavy atom. The van der Waals surface area contributed by atoms with Crippen LogP contribution in [-0.4, -0.2) is 25.1 Å². The second kappa shape index (κ2) is 4.24. The van der Waals surface area contributed by atoms with Crippen LogP contribution in [0.1, 0.15) is 33.1 Å². The van der Waals surface area contributed by atoms with Crippen molar-refractivity contribution in [3.63, 3.8) is 0 Å². The quantitative estimate of drug-likeness (QED) is 0.637. The van der Waals surface area contributed by atoms with Crippen LogP contribution in [0.4, 0.5) is 0 Å². The predicted molar refractivity (Wildman–Crippen MR) is 52.8 cm³/mol. The van der Waals surface area contributed by atoms with Gasteiger partial charge in [-0.05, 0) is 31.1 Å². The summed E-state index contributed by atoms with van der Waals surface area (Å²) in [6, 6.07) is 0.714. The number of rotatable bonds is 2. The van der Waals surface area contributed by atoms with Gasteiger partial charge in [-0.15, -0.1) is 0 Å². The van der Waals surface area contributed by atoms with Crippen LogP contribution in [0.2, 0.25) is 0 Å². The van der Waals surface area contributed by atoms with Crippen LogP contribution in [0.5, 0.6) is 0 Å². The van der Waals surface area contributed by atoms with Gasteiger partial charge in [0.05, 0.1) is 0 Å². The number of hydrogen-bond donors (Lipinski definition) is 1. The molecule has 0 aromatic heterocycles. The molecule has 0 spiro atoms. The van der Waals surface area contributed by atoms with Gasteiger partial charge in [-0.25, -0.2) is 0 Å². The van der Waals surface area contributed by atoms with Crippen molar-refractivity contribution in [3.05, 3.63) is 0 Å². The van der Waals surface area contributed by atoms with E-state index in [1.807, 2.05) is 0 Å². The minimum Gasteiger partial charge on any atom is -0.253 e. The van der Waals surface area contributed by atoms with Gasteiger partial charge in [0, 0.05) is 20.1 Å². The summed E-state index contributed by atoms with van der Waals surface area (Å²) >= 11 is 0. The van der Waals surface area contributed by atoms with Crippen molar-refractivity contribution in [2.24, 2.45) is 11.8 Å². The second-order valence-electron chi connectivity index (χ2n) is 4.49. The first kappa shape index (κ1) is 10.0. The van der Waals surface area contributed by atoms with E-state index >= 15 is 0 Å². The first-order valence-electron chi connectivity index (χ1n) is 5.03. The zero-order valence-electron chi connectivity index (χ0n) is 8.80. The van der Waals surface area contributed by atoms with Crippen molar-refractivity contribution in [1.82, 2.24) is 10.4 Å². The van der Waals surface area contributed by atoms with Crippen molar-refractivity contribution in [2.75, 3.05) is 14.1 Å². The number of nitrogens with one attached hydrogen (secondary N) is 1. The van der Waals surface area contributed by atoms with Crippen molar-refractivity contribution >= 4 is 0 Å². The van der Waals surface area contributed by atoms with E-state index in [0.717, 1.165) is 11.8 Å². The molecule has 3 atom stereocenters. The van der Waals surface area contributed by atoms with Crippen LogP contribution in [0, 0.1) is 11.8 Å². The van der Waals surface area contributed by atoms with Crippen LogP contribution >= 0.6 is 0 Å². The minimum absolute atomic E-state index is 0.714. The average molecular weight is 170 g/mol. The van der Waals surface area contributed by atoms with Gasteiger partial charge in [0.25, 0.3) is 0 Å². The summed E-state index contributed by atoms with van der Waals surface area (Å²) in [5.74, 6) is 1.81. The zero-order valence-corrected chi connectivity index (χ0v) is 8.80. The average Bonchev–Trinajstić information content (AvgIpc) is 1.96. The highest BCUT2D eigenvalue weighted by atomic mass is 15.5. The van der Waals surface area contributed by atoms with E-state index < -0.39 is 0 Å². The van der Waals surface area contributed by atoms with Crippen LogP contribution in [0.15, 0.2) is 0 Å². The van der Waals surface area contributed by atoms with Gasteiger partial charge in [-0.1, -0.05) is 13.8 Å². The van der Waals surface area contributed by atoms with E-state index in [-0.39, 0.29) is 0 Å². The molecule has 0 bridgehead atoms. The molecule has 0 aliphatic heterocycles. The summed E-state index contributed by atoms with van der Waals surface area (Å²) in [5.41, 5.74) is 3.47. The molecular formula is C10H22N2. The van der Waals surface area contributed by atoms with Crippen molar-refractivity contribution < 1.29 is 0 Å². The zero-order chi connectivity index (χ0) is 9.14. The molecule has 0 aromatic carbocycles. The van der Waals surface area contributed by atoms with Crippen molar-refractivity contribution in [2.45, 2.75) is 39.2 Å². The number of nitrogens with zero attached hydrogens (tertiary/aromatic N) is 1. The van der Waals surface area contributed by atoms with Gasteiger partial charge in [0.15, 0.2) is 0 Å². The van der Waals surface area contributed by atoms with Crippen molar-refractivity contribution in [3.8, 4) is 0 Å². The minimum atomic E-state index is 0.714. The topological polar surface area (TPSA) is 15.3 Å². The molecule has 1 fully saturated rings. The largest absolute Gasteiger partial charge is 0.253 e. The lowest BCUT2D eigenvalue weighted by atomic mass is 9.79. The van der Waals surface area contributed by atoms with Gasteiger partial charge in [-0.3, -0.25) is 10.4 Å². The summed E-state index contributed by atoms with van der Waals surface area (Å²) in [6.45, 7) is 4.74. The molecule has 0 radical (unpaired) electrons. The van der Waals surface area contributed by atoms with Crippen molar-refractivity contribution in [1.29, 1.82) is 0 Å². The van der Waals surface area contributed by atoms with Crippen LogP contribution in [0.25, 0.3) is 0 Å². The Morgan fingerprint density at radius 3 is 2.25 bits per heavy atom. The van der Waals surface area contributed by atoms with Gasteiger partial charge in [-0.2, -0.15) is 0 Å². The third-order valence-electron chi connectivity index (χ3n) is 3.04. The highest BCUT2D eigenvalue weighted by Gasteiger charge is 2.24. The van der Waals surface area contributed by atoms with E-state index in [4.69, 9.17) is 0 Å². The van der Waals surface area contributed by atoms with Crippen LogP contribution < -0.4 is 5.43 Å². The van der Waals surface area contributed by atoms with E-state index in [1.54, 1.807) is 0 Å². The SMILES string of the molecule is CC1CCC(NN(C)C)CC1C. The molecule has 1 saturated carbocycles. The normalized spacial score (nSPS) is 37.2. The molecule has 0 amide bonds. The third-order valence-corrected chi connectivity index (χ3v) is 3.04. The smallest absolute Gasteiger partial charge is 0.0217 e. The van der Waals surface area contributed by atoms with E-state index in [2.05, 4.69) is 38.4 Å². The molecule has 12 heavy (non-hydrogen) atoms. The lowest BCUT2D eigenvalue weighted by Gasteiger charge is -2.34. The Morgan fingerprint density at radius 1 is 1.08 bits per heavy atom. The van der Waals surface area contributed by atoms with Crippen LogP contribution in [0.3, 0.4) is 0 Å². The van der Waals surface area contributed by atoms with E-state index in [1.165, 1.54) is 19.3 Å². The Hall–Kier alpha value is -0.0800. The maximum Gasteiger partial charge on any atom is 0.0217 e. The third kappa shape index (κ3) is 2.76. The predicted octanol–water partition coefficient (Wildman–Crippen LogP) is 1.88. The molecule has 1 aliphatic carbocycles. The lowest BCUT2D eigenvalue weighted by molar-refractivity contribution is 0.155. The molecule has 0 aromatic rings. The molecule has 1 N–H and O–H groups in total. The van der Waals surface area contributed by atoms with Gasteiger partial charge in [0.1, 0.15) is 0 Å². The molecule has 1 aliphatic rings. The Labute approximate surface area is 76.3 Å². The van der Waals surface area contributed by atoms with Gasteiger partial charge in [0.2, 0.25) is 0 Å². The van der Waals surface area contributed by atoms with Gasteiger partial charge < -0.3 is 0 Å².